The number of rotatable bonds is 2. The zero-order valence-corrected chi connectivity index (χ0v) is 15.9. The summed E-state index contributed by atoms with van der Waals surface area (Å²) in [6.45, 7) is 1.27. The predicted octanol–water partition coefficient (Wildman–Crippen LogP) is 3.21. The average molecular weight is 437 g/mol. The Morgan fingerprint density at radius 3 is 2.60 bits per heavy atom. The van der Waals surface area contributed by atoms with Crippen LogP contribution < -0.4 is 16.5 Å². The third-order valence-corrected chi connectivity index (χ3v) is 5.01. The molecule has 154 valence electrons. The first kappa shape index (κ1) is 19.9. The van der Waals surface area contributed by atoms with Crippen molar-refractivity contribution in [3.63, 3.8) is 0 Å². The molecule has 0 saturated heterocycles. The van der Waals surface area contributed by atoms with Gasteiger partial charge in [-0.05, 0) is 37.3 Å². The van der Waals surface area contributed by atoms with E-state index in [1.54, 1.807) is 0 Å². The molecule has 30 heavy (non-hydrogen) atoms. The number of H-pyrrole nitrogens is 2. The van der Waals surface area contributed by atoms with Crippen molar-refractivity contribution < 1.29 is 13.2 Å². The summed E-state index contributed by atoms with van der Waals surface area (Å²) >= 11 is 5.91. The number of hydrogen-bond acceptors (Lipinski definition) is 4. The van der Waals surface area contributed by atoms with Crippen LogP contribution in [0.3, 0.4) is 0 Å². The fraction of sp³-hybridized carbons (Fsp3) is 0.158. The minimum atomic E-state index is -4.72. The van der Waals surface area contributed by atoms with E-state index < -0.39 is 45.4 Å². The van der Waals surface area contributed by atoms with Crippen molar-refractivity contribution in [2.75, 3.05) is 0 Å². The maximum Gasteiger partial charge on any atom is 0.418 e. The lowest BCUT2D eigenvalue weighted by Gasteiger charge is -2.19. The van der Waals surface area contributed by atoms with Gasteiger partial charge in [0, 0.05) is 16.6 Å². The Morgan fingerprint density at radius 1 is 1.17 bits per heavy atom. The number of halogens is 4. The van der Waals surface area contributed by atoms with Crippen molar-refractivity contribution in [3.8, 4) is 0 Å². The molecule has 0 spiro atoms. The topological polar surface area (TPSA) is 101 Å². The van der Waals surface area contributed by atoms with E-state index in [-0.39, 0.29) is 16.4 Å². The van der Waals surface area contributed by atoms with Crippen molar-refractivity contribution in [3.05, 3.63) is 83.7 Å². The molecule has 0 radical (unpaired) electrons. The molecule has 0 amide bonds. The van der Waals surface area contributed by atoms with Crippen LogP contribution in [0.5, 0.6) is 0 Å². The van der Waals surface area contributed by atoms with Gasteiger partial charge in [0.05, 0.1) is 22.8 Å². The van der Waals surface area contributed by atoms with Crippen LogP contribution in [0.2, 0.25) is 5.02 Å². The van der Waals surface area contributed by atoms with Gasteiger partial charge in [-0.2, -0.15) is 13.2 Å². The van der Waals surface area contributed by atoms with E-state index in [0.29, 0.717) is 9.70 Å². The lowest BCUT2D eigenvalue weighted by Crippen LogP contribution is -2.36. The average Bonchev–Trinajstić information content (AvgIpc) is 2.69. The summed E-state index contributed by atoms with van der Waals surface area (Å²) in [7, 11) is 0. The quantitative estimate of drug-likeness (QED) is 0.471. The highest BCUT2D eigenvalue weighted by atomic mass is 35.5. The molecule has 3 aromatic heterocycles. The highest BCUT2D eigenvalue weighted by Crippen LogP contribution is 2.33. The first-order valence-electron chi connectivity index (χ1n) is 8.61. The SMILES string of the molecule is CC(c1ncccc1C(F)(F)F)n1[nH]c(=O)c2[nH]c3cc(Cl)ccc3c(=O)c2c1=O. The van der Waals surface area contributed by atoms with Crippen LogP contribution in [0.15, 0.2) is 50.9 Å². The first-order valence-corrected chi connectivity index (χ1v) is 8.99. The second kappa shape index (κ2) is 6.84. The van der Waals surface area contributed by atoms with Crippen LogP contribution in [-0.2, 0) is 6.18 Å². The molecule has 0 saturated carbocycles. The summed E-state index contributed by atoms with van der Waals surface area (Å²) in [6, 6.07) is 4.91. The Morgan fingerprint density at radius 2 is 1.90 bits per heavy atom. The van der Waals surface area contributed by atoms with E-state index in [0.717, 1.165) is 18.3 Å². The molecule has 4 aromatic rings. The van der Waals surface area contributed by atoms with Gasteiger partial charge in [0.2, 0.25) is 5.43 Å². The van der Waals surface area contributed by atoms with Crippen molar-refractivity contribution in [2.45, 2.75) is 19.1 Å². The van der Waals surface area contributed by atoms with Crippen molar-refractivity contribution in [2.24, 2.45) is 0 Å². The molecule has 3 heterocycles. The Bertz CT molecular complexity index is 1490. The number of pyridine rings is 2. The molecule has 1 aromatic carbocycles. The van der Waals surface area contributed by atoms with Gasteiger partial charge in [-0.15, -0.1) is 0 Å². The molecule has 11 heteroatoms. The third kappa shape index (κ3) is 3.09. The highest BCUT2D eigenvalue weighted by molar-refractivity contribution is 6.31. The lowest BCUT2D eigenvalue weighted by atomic mass is 10.1. The van der Waals surface area contributed by atoms with E-state index in [4.69, 9.17) is 11.6 Å². The molecule has 0 aliphatic heterocycles. The standard InChI is InChI=1S/C19H12ClF3N4O3/c1-8(14-11(19(21,22)23)3-2-6-24-14)27-18(30)13-15(17(29)26-27)25-12-7-9(20)4-5-10(12)16(13)28/h2-8H,1H3,(H,25,28)(H,26,29). The summed E-state index contributed by atoms with van der Waals surface area (Å²) < 4.78 is 40.8. The fourth-order valence-corrected chi connectivity index (χ4v) is 3.53. The van der Waals surface area contributed by atoms with Gasteiger partial charge in [-0.3, -0.25) is 24.5 Å². The largest absolute Gasteiger partial charge is 0.418 e. The number of nitrogens with zero attached hydrogens (tertiary/aromatic N) is 2. The molecule has 1 unspecified atom stereocenters. The molecule has 4 rings (SSSR count). The molecular formula is C19H12ClF3N4O3. The summed E-state index contributed by atoms with van der Waals surface area (Å²) in [5.41, 5.74) is -4.09. The number of hydrogen-bond donors (Lipinski definition) is 2. The van der Waals surface area contributed by atoms with E-state index in [1.807, 2.05) is 0 Å². The van der Waals surface area contributed by atoms with Crippen LogP contribution in [0.25, 0.3) is 21.8 Å². The molecule has 7 nitrogen and oxygen atoms in total. The molecule has 2 N–H and O–H groups in total. The van der Waals surface area contributed by atoms with Crippen LogP contribution in [0.1, 0.15) is 24.2 Å². The van der Waals surface area contributed by atoms with Crippen LogP contribution in [-0.4, -0.2) is 19.7 Å². The zero-order valence-electron chi connectivity index (χ0n) is 15.2. The van der Waals surface area contributed by atoms with Gasteiger partial charge < -0.3 is 4.98 Å². The summed E-state index contributed by atoms with van der Waals surface area (Å²) in [5, 5.41) is 2.20. The predicted molar refractivity (Wildman–Crippen MR) is 105 cm³/mol. The van der Waals surface area contributed by atoms with Gasteiger partial charge in [0.15, 0.2) is 0 Å². The maximum atomic E-state index is 13.4. The van der Waals surface area contributed by atoms with Crippen molar-refractivity contribution in [1.29, 1.82) is 0 Å². The fourth-order valence-electron chi connectivity index (χ4n) is 3.36. The number of aromatic nitrogens is 4. The Hall–Kier alpha value is -3.40. The zero-order chi connectivity index (χ0) is 21.8. The normalized spacial score (nSPS) is 13.1. The van der Waals surface area contributed by atoms with Crippen molar-refractivity contribution >= 4 is 33.4 Å². The summed E-state index contributed by atoms with van der Waals surface area (Å²) in [6.07, 6.45) is -3.57. The number of benzene rings is 1. The van der Waals surface area contributed by atoms with Gasteiger partial charge in [-0.25, -0.2) is 4.68 Å². The third-order valence-electron chi connectivity index (χ3n) is 4.77. The molecular weight excluding hydrogens is 425 g/mol. The van der Waals surface area contributed by atoms with Gasteiger partial charge in [-0.1, -0.05) is 11.6 Å². The Labute approximate surface area is 169 Å². The van der Waals surface area contributed by atoms with Crippen LogP contribution in [0.4, 0.5) is 13.2 Å². The second-order valence-electron chi connectivity index (χ2n) is 6.62. The van der Waals surface area contributed by atoms with E-state index in [9.17, 15) is 27.6 Å². The Balaban J connectivity index is 2.04. The lowest BCUT2D eigenvalue weighted by molar-refractivity contribution is -0.138. The van der Waals surface area contributed by atoms with Crippen LogP contribution >= 0.6 is 11.6 Å². The molecule has 0 aliphatic rings. The van der Waals surface area contributed by atoms with E-state index in [1.165, 1.54) is 25.1 Å². The van der Waals surface area contributed by atoms with Crippen molar-refractivity contribution in [1.82, 2.24) is 19.7 Å². The smallest absolute Gasteiger partial charge is 0.350 e. The number of alkyl halides is 3. The van der Waals surface area contributed by atoms with Crippen LogP contribution in [0, 0.1) is 0 Å². The van der Waals surface area contributed by atoms with E-state index in [2.05, 4.69) is 15.1 Å². The van der Waals surface area contributed by atoms with Gasteiger partial charge in [0.25, 0.3) is 11.1 Å². The summed E-state index contributed by atoms with van der Waals surface area (Å²) in [4.78, 5) is 45.0. The molecule has 1 atom stereocenters. The number of fused-ring (bicyclic) bond motifs is 2. The summed E-state index contributed by atoms with van der Waals surface area (Å²) in [5.74, 6) is 0. The second-order valence-corrected chi connectivity index (χ2v) is 7.06. The number of nitrogens with one attached hydrogen (secondary N) is 2. The molecule has 0 fully saturated rings. The Kier molecular flexibility index (Phi) is 4.53. The first-order chi connectivity index (χ1) is 14.1. The molecule has 0 aliphatic carbocycles. The van der Waals surface area contributed by atoms with Gasteiger partial charge >= 0.3 is 6.18 Å². The number of aromatic amines is 2. The van der Waals surface area contributed by atoms with E-state index >= 15 is 0 Å². The highest BCUT2D eigenvalue weighted by Gasteiger charge is 2.36. The monoisotopic (exact) mass is 436 g/mol. The maximum absolute atomic E-state index is 13.4. The minimum Gasteiger partial charge on any atom is -0.350 e. The molecule has 0 bridgehead atoms. The minimum absolute atomic E-state index is 0.114. The van der Waals surface area contributed by atoms with Gasteiger partial charge in [0.1, 0.15) is 10.9 Å².